The van der Waals surface area contributed by atoms with E-state index in [1.54, 1.807) is 24.3 Å². The van der Waals surface area contributed by atoms with Crippen molar-refractivity contribution in [3.63, 3.8) is 0 Å². The number of nitrogens with zero attached hydrogens (tertiary/aromatic N) is 3. The lowest BCUT2D eigenvalue weighted by molar-refractivity contribution is -0.136. The minimum absolute atomic E-state index is 0.0424. The number of benzene rings is 3. The van der Waals surface area contributed by atoms with Crippen molar-refractivity contribution < 1.29 is 22.5 Å². The summed E-state index contributed by atoms with van der Waals surface area (Å²) < 4.78 is 55.8. The third-order valence-electron chi connectivity index (χ3n) is 7.35. The largest absolute Gasteiger partial charge is 0.494 e. The first-order valence-corrected chi connectivity index (χ1v) is 12.1. The molecule has 5 rings (SSSR count). The standard InChI is InChI=1S/C28H25BF3N3O3/c1-26(2)27(3,4)38-29(37-26)19-12-10-18(11-13-19)17-34-23-8-6-7-9-24(23)35(25(34)36)20-14-15-22(33-5)21(16-20)28(30,31)32/h6-16H,17H2,1-4H3. The number of fused-ring (bicyclic) bond motifs is 1. The number of hydrogen-bond donors (Lipinski definition) is 0. The molecule has 4 aromatic rings. The number of alkyl halides is 3. The molecular weight excluding hydrogens is 494 g/mol. The maximum absolute atomic E-state index is 13.6. The van der Waals surface area contributed by atoms with Crippen molar-refractivity contribution in [2.45, 2.75) is 51.6 Å². The first-order chi connectivity index (χ1) is 17.8. The van der Waals surface area contributed by atoms with E-state index in [9.17, 15) is 18.0 Å². The van der Waals surface area contributed by atoms with Crippen molar-refractivity contribution in [3.8, 4) is 5.69 Å². The summed E-state index contributed by atoms with van der Waals surface area (Å²) >= 11 is 0. The van der Waals surface area contributed by atoms with Gasteiger partial charge in [-0.05, 0) is 63.0 Å². The van der Waals surface area contributed by atoms with Crippen LogP contribution in [0.3, 0.4) is 0 Å². The zero-order valence-corrected chi connectivity index (χ0v) is 21.3. The van der Waals surface area contributed by atoms with Gasteiger partial charge in [-0.3, -0.25) is 9.13 Å². The average Bonchev–Trinajstić information content (AvgIpc) is 3.26. The smallest absolute Gasteiger partial charge is 0.399 e. The highest BCUT2D eigenvalue weighted by Crippen LogP contribution is 2.38. The van der Waals surface area contributed by atoms with Crippen LogP contribution in [0.5, 0.6) is 0 Å². The van der Waals surface area contributed by atoms with Crippen LogP contribution in [0, 0.1) is 6.57 Å². The van der Waals surface area contributed by atoms with Gasteiger partial charge >= 0.3 is 19.0 Å². The second kappa shape index (κ2) is 8.89. The van der Waals surface area contributed by atoms with E-state index < -0.39 is 41.4 Å². The summed E-state index contributed by atoms with van der Waals surface area (Å²) in [5.41, 5.74) is -0.242. The molecule has 0 spiro atoms. The van der Waals surface area contributed by atoms with Crippen LogP contribution in [-0.2, 0) is 22.0 Å². The summed E-state index contributed by atoms with van der Waals surface area (Å²) in [4.78, 5) is 16.6. The lowest BCUT2D eigenvalue weighted by Gasteiger charge is -2.32. The van der Waals surface area contributed by atoms with Gasteiger partial charge in [0, 0.05) is 5.69 Å². The molecule has 3 aromatic carbocycles. The number of rotatable bonds is 4. The lowest BCUT2D eigenvalue weighted by atomic mass is 9.79. The molecule has 0 bridgehead atoms. The molecule has 38 heavy (non-hydrogen) atoms. The highest BCUT2D eigenvalue weighted by atomic mass is 19.4. The molecule has 0 amide bonds. The van der Waals surface area contributed by atoms with Crippen LogP contribution in [0.15, 0.2) is 71.5 Å². The Bertz CT molecular complexity index is 1610. The second-order valence-corrected chi connectivity index (χ2v) is 10.3. The number of para-hydroxylation sites is 2. The van der Waals surface area contributed by atoms with E-state index in [0.29, 0.717) is 11.0 Å². The molecule has 10 heteroatoms. The van der Waals surface area contributed by atoms with Crippen LogP contribution in [0.1, 0.15) is 38.8 Å². The molecule has 1 fully saturated rings. The molecule has 1 aliphatic rings. The Morgan fingerprint density at radius 3 is 2.11 bits per heavy atom. The molecule has 2 heterocycles. The highest BCUT2D eigenvalue weighted by Gasteiger charge is 2.51. The van der Waals surface area contributed by atoms with E-state index in [2.05, 4.69) is 4.85 Å². The Kier molecular flexibility index (Phi) is 6.05. The molecular formula is C28H25BF3N3O3. The summed E-state index contributed by atoms with van der Waals surface area (Å²) in [6.07, 6.45) is -4.73. The van der Waals surface area contributed by atoms with E-state index in [1.807, 2.05) is 52.0 Å². The van der Waals surface area contributed by atoms with Crippen LogP contribution in [0.4, 0.5) is 18.9 Å². The first-order valence-electron chi connectivity index (χ1n) is 12.1. The van der Waals surface area contributed by atoms with Crippen LogP contribution >= 0.6 is 0 Å². The quantitative estimate of drug-likeness (QED) is 0.257. The molecule has 0 radical (unpaired) electrons. The minimum atomic E-state index is -4.73. The van der Waals surface area contributed by atoms with E-state index in [-0.39, 0.29) is 12.2 Å². The van der Waals surface area contributed by atoms with Crippen molar-refractivity contribution in [2.24, 2.45) is 0 Å². The Morgan fingerprint density at radius 2 is 1.53 bits per heavy atom. The molecule has 194 valence electrons. The van der Waals surface area contributed by atoms with Crippen molar-refractivity contribution >= 4 is 29.3 Å². The number of imidazole rings is 1. The predicted octanol–water partition coefficient (Wildman–Crippen LogP) is 5.71. The van der Waals surface area contributed by atoms with Gasteiger partial charge in [0.2, 0.25) is 0 Å². The van der Waals surface area contributed by atoms with Crippen LogP contribution in [0.2, 0.25) is 0 Å². The Hall–Kier alpha value is -3.81. The number of aromatic nitrogens is 2. The molecule has 0 aliphatic carbocycles. The summed E-state index contributed by atoms with van der Waals surface area (Å²) in [6.45, 7) is 15.2. The third-order valence-corrected chi connectivity index (χ3v) is 7.35. The fourth-order valence-corrected chi connectivity index (χ4v) is 4.54. The molecule has 6 nitrogen and oxygen atoms in total. The maximum Gasteiger partial charge on any atom is 0.494 e. The van der Waals surface area contributed by atoms with Crippen molar-refractivity contribution in [3.05, 3.63) is 99.8 Å². The zero-order valence-electron chi connectivity index (χ0n) is 21.3. The topological polar surface area (TPSA) is 49.8 Å². The van der Waals surface area contributed by atoms with Gasteiger partial charge in [-0.25, -0.2) is 9.64 Å². The summed E-state index contributed by atoms with van der Waals surface area (Å²) in [6, 6.07) is 17.8. The van der Waals surface area contributed by atoms with Crippen molar-refractivity contribution in [1.82, 2.24) is 9.13 Å². The van der Waals surface area contributed by atoms with Crippen molar-refractivity contribution in [1.29, 1.82) is 0 Å². The zero-order chi connectivity index (χ0) is 27.5. The van der Waals surface area contributed by atoms with E-state index in [4.69, 9.17) is 15.9 Å². The van der Waals surface area contributed by atoms with Gasteiger partial charge in [-0.15, -0.1) is 0 Å². The monoisotopic (exact) mass is 519 g/mol. The van der Waals surface area contributed by atoms with Crippen LogP contribution in [-0.4, -0.2) is 27.5 Å². The minimum Gasteiger partial charge on any atom is -0.399 e. The summed E-state index contributed by atoms with van der Waals surface area (Å²) in [5, 5.41) is 0. The summed E-state index contributed by atoms with van der Waals surface area (Å²) in [5.74, 6) is 0. The molecule has 1 saturated heterocycles. The molecule has 0 atom stereocenters. The number of halogens is 3. The molecule has 0 saturated carbocycles. The SMILES string of the molecule is [C-]#[N+]c1ccc(-n2c(=O)n(Cc3ccc(B4OC(C)(C)C(C)(C)O4)cc3)c3ccccc32)cc1C(F)(F)F. The lowest BCUT2D eigenvalue weighted by Crippen LogP contribution is -2.41. The second-order valence-electron chi connectivity index (χ2n) is 10.3. The molecule has 0 N–H and O–H groups in total. The van der Waals surface area contributed by atoms with Gasteiger partial charge in [-0.1, -0.05) is 42.5 Å². The molecule has 1 aliphatic heterocycles. The normalized spacial score (nSPS) is 16.6. The average molecular weight is 519 g/mol. The van der Waals surface area contributed by atoms with Gasteiger partial charge in [0.15, 0.2) is 5.69 Å². The van der Waals surface area contributed by atoms with Crippen molar-refractivity contribution in [2.75, 3.05) is 0 Å². The first kappa shape index (κ1) is 25.8. The fourth-order valence-electron chi connectivity index (χ4n) is 4.54. The van der Waals surface area contributed by atoms with E-state index in [0.717, 1.165) is 23.2 Å². The number of hydrogen-bond acceptors (Lipinski definition) is 3. The molecule has 0 unspecified atom stereocenters. The van der Waals surface area contributed by atoms with Crippen LogP contribution in [0.25, 0.3) is 21.6 Å². The Morgan fingerprint density at radius 1 is 0.921 bits per heavy atom. The van der Waals surface area contributed by atoms with Gasteiger partial charge in [0.25, 0.3) is 0 Å². The van der Waals surface area contributed by atoms with Crippen LogP contribution < -0.4 is 11.2 Å². The van der Waals surface area contributed by atoms with Gasteiger partial charge in [-0.2, -0.15) is 13.2 Å². The fraction of sp³-hybridized carbons (Fsp3) is 0.286. The maximum atomic E-state index is 13.6. The third kappa shape index (κ3) is 4.32. The Balaban J connectivity index is 1.52. The van der Waals surface area contributed by atoms with Gasteiger partial charge < -0.3 is 9.31 Å². The highest BCUT2D eigenvalue weighted by molar-refractivity contribution is 6.62. The molecule has 1 aromatic heterocycles. The predicted molar refractivity (Wildman–Crippen MR) is 140 cm³/mol. The van der Waals surface area contributed by atoms with E-state index >= 15 is 0 Å². The van der Waals surface area contributed by atoms with Gasteiger partial charge in [0.05, 0.1) is 40.9 Å². The summed E-state index contributed by atoms with van der Waals surface area (Å²) in [7, 11) is -0.514. The van der Waals surface area contributed by atoms with Gasteiger partial charge in [0.1, 0.15) is 0 Å². The van der Waals surface area contributed by atoms with E-state index in [1.165, 1.54) is 15.2 Å². The Labute approximate surface area is 218 Å².